The molecule has 3 heteroatoms. The van der Waals surface area contributed by atoms with Crippen LogP contribution in [0.15, 0.2) is 36.4 Å². The third kappa shape index (κ3) is 3.31. The molecule has 3 rings (SSSR count). The number of fused-ring (bicyclic) bond motifs is 1. The number of para-hydroxylation sites is 1. The van der Waals surface area contributed by atoms with Gasteiger partial charge in [0, 0.05) is 11.9 Å². The number of rotatable bonds is 5. The largest absolute Gasteiger partial charge is 0.374 e. The van der Waals surface area contributed by atoms with Crippen LogP contribution in [-0.4, -0.2) is 36.1 Å². The van der Waals surface area contributed by atoms with E-state index in [4.69, 9.17) is 4.74 Å². The normalized spacial score (nSPS) is 16.2. The predicted molar refractivity (Wildman–Crippen MR) is 77.1 cm³/mol. The van der Waals surface area contributed by atoms with Crippen molar-refractivity contribution < 1.29 is 4.74 Å². The number of ether oxygens (including phenoxy) is 1. The van der Waals surface area contributed by atoms with Gasteiger partial charge in [-0.05, 0) is 38.1 Å². The molecule has 1 aromatic carbocycles. The Balaban J connectivity index is 1.50. The summed E-state index contributed by atoms with van der Waals surface area (Å²) < 4.78 is 5.73. The third-order valence-electron chi connectivity index (χ3n) is 3.66. The van der Waals surface area contributed by atoms with Crippen molar-refractivity contribution in [3.05, 3.63) is 42.1 Å². The van der Waals surface area contributed by atoms with Crippen molar-refractivity contribution in [2.75, 3.05) is 26.2 Å². The lowest BCUT2D eigenvalue weighted by Gasteiger charge is -2.14. The molecule has 0 N–H and O–H groups in total. The maximum absolute atomic E-state index is 5.73. The lowest BCUT2D eigenvalue weighted by atomic mass is 10.2. The van der Waals surface area contributed by atoms with E-state index in [0.717, 1.165) is 24.4 Å². The number of benzene rings is 1. The van der Waals surface area contributed by atoms with Crippen molar-refractivity contribution in [2.45, 2.75) is 19.4 Å². The molecule has 100 valence electrons. The van der Waals surface area contributed by atoms with Gasteiger partial charge in [0.2, 0.25) is 0 Å². The van der Waals surface area contributed by atoms with Gasteiger partial charge in [0.15, 0.2) is 0 Å². The minimum Gasteiger partial charge on any atom is -0.374 e. The van der Waals surface area contributed by atoms with E-state index in [2.05, 4.69) is 28.1 Å². The monoisotopic (exact) mass is 256 g/mol. The molecular weight excluding hydrogens is 236 g/mol. The number of nitrogens with zero attached hydrogens (tertiary/aromatic N) is 2. The summed E-state index contributed by atoms with van der Waals surface area (Å²) in [7, 11) is 0. The molecule has 19 heavy (non-hydrogen) atoms. The van der Waals surface area contributed by atoms with Gasteiger partial charge in [-0.15, -0.1) is 0 Å². The molecule has 1 saturated heterocycles. The zero-order valence-electron chi connectivity index (χ0n) is 11.2. The maximum Gasteiger partial charge on any atom is 0.0888 e. The van der Waals surface area contributed by atoms with Crippen molar-refractivity contribution >= 4 is 10.9 Å². The van der Waals surface area contributed by atoms with Gasteiger partial charge in [-0.3, -0.25) is 4.98 Å². The molecule has 2 heterocycles. The molecule has 0 radical (unpaired) electrons. The van der Waals surface area contributed by atoms with Crippen LogP contribution in [0.1, 0.15) is 18.5 Å². The van der Waals surface area contributed by atoms with E-state index < -0.39 is 0 Å². The summed E-state index contributed by atoms with van der Waals surface area (Å²) in [5.74, 6) is 0. The van der Waals surface area contributed by atoms with Crippen LogP contribution in [0.4, 0.5) is 0 Å². The standard InChI is InChI=1S/C16H20N2O/c1-2-6-16-14(5-1)7-8-15(17-16)13-19-12-11-18-9-3-4-10-18/h1-2,5-8H,3-4,9-13H2. The van der Waals surface area contributed by atoms with Gasteiger partial charge < -0.3 is 9.64 Å². The average Bonchev–Trinajstić information content (AvgIpc) is 2.97. The van der Waals surface area contributed by atoms with E-state index in [9.17, 15) is 0 Å². The highest BCUT2D eigenvalue weighted by atomic mass is 16.5. The third-order valence-corrected chi connectivity index (χ3v) is 3.66. The quantitative estimate of drug-likeness (QED) is 0.769. The van der Waals surface area contributed by atoms with Gasteiger partial charge in [0.05, 0.1) is 24.4 Å². The zero-order chi connectivity index (χ0) is 12.9. The SMILES string of the molecule is c1ccc2nc(COCCN3CCCC3)ccc2c1. The van der Waals surface area contributed by atoms with Gasteiger partial charge in [-0.1, -0.05) is 24.3 Å². The highest BCUT2D eigenvalue weighted by molar-refractivity contribution is 5.78. The van der Waals surface area contributed by atoms with Crippen LogP contribution in [0.25, 0.3) is 10.9 Å². The molecular formula is C16H20N2O. The number of aromatic nitrogens is 1. The molecule has 0 amide bonds. The van der Waals surface area contributed by atoms with Crippen molar-refractivity contribution in [2.24, 2.45) is 0 Å². The molecule has 2 aromatic rings. The molecule has 3 nitrogen and oxygen atoms in total. The molecule has 0 atom stereocenters. The van der Waals surface area contributed by atoms with Gasteiger partial charge in [0.1, 0.15) is 0 Å². The van der Waals surface area contributed by atoms with E-state index in [1.54, 1.807) is 0 Å². The Kier molecular flexibility index (Phi) is 4.06. The summed E-state index contributed by atoms with van der Waals surface area (Å²) in [6, 6.07) is 12.4. The van der Waals surface area contributed by atoms with Crippen LogP contribution in [0.3, 0.4) is 0 Å². The second-order valence-corrected chi connectivity index (χ2v) is 5.10. The minimum atomic E-state index is 0.610. The maximum atomic E-state index is 5.73. The van der Waals surface area contributed by atoms with Crippen molar-refractivity contribution in [1.82, 2.24) is 9.88 Å². The molecule has 0 bridgehead atoms. The first-order chi connectivity index (χ1) is 9.42. The summed E-state index contributed by atoms with van der Waals surface area (Å²) in [6.45, 7) is 4.93. The highest BCUT2D eigenvalue weighted by Gasteiger charge is 2.10. The molecule has 1 aliphatic heterocycles. The van der Waals surface area contributed by atoms with Gasteiger partial charge in [-0.2, -0.15) is 0 Å². The minimum absolute atomic E-state index is 0.610. The molecule has 1 fully saturated rings. The Morgan fingerprint density at radius 2 is 1.89 bits per heavy atom. The summed E-state index contributed by atoms with van der Waals surface area (Å²) in [6.07, 6.45) is 2.68. The molecule has 0 spiro atoms. The summed E-state index contributed by atoms with van der Waals surface area (Å²) in [4.78, 5) is 7.07. The smallest absolute Gasteiger partial charge is 0.0888 e. The van der Waals surface area contributed by atoms with E-state index >= 15 is 0 Å². The van der Waals surface area contributed by atoms with E-state index in [0.29, 0.717) is 6.61 Å². The van der Waals surface area contributed by atoms with Crippen LogP contribution >= 0.6 is 0 Å². The lowest BCUT2D eigenvalue weighted by molar-refractivity contribution is 0.0973. The molecule has 0 aliphatic carbocycles. The van der Waals surface area contributed by atoms with E-state index in [1.165, 1.54) is 31.3 Å². The van der Waals surface area contributed by atoms with Crippen LogP contribution in [0.5, 0.6) is 0 Å². The Hall–Kier alpha value is -1.45. The van der Waals surface area contributed by atoms with Gasteiger partial charge >= 0.3 is 0 Å². The fraction of sp³-hybridized carbons (Fsp3) is 0.438. The first-order valence-electron chi connectivity index (χ1n) is 7.06. The molecule has 1 aromatic heterocycles. The summed E-state index contributed by atoms with van der Waals surface area (Å²) in [5.41, 5.74) is 2.06. The number of hydrogen-bond donors (Lipinski definition) is 0. The fourth-order valence-corrected chi connectivity index (χ4v) is 2.57. The number of hydrogen-bond acceptors (Lipinski definition) is 3. The Bertz CT molecular complexity index is 535. The Morgan fingerprint density at radius 3 is 2.79 bits per heavy atom. The van der Waals surface area contributed by atoms with Crippen molar-refractivity contribution in [3.8, 4) is 0 Å². The first-order valence-corrected chi connectivity index (χ1v) is 7.06. The van der Waals surface area contributed by atoms with E-state index in [1.807, 2.05) is 18.2 Å². The topological polar surface area (TPSA) is 25.4 Å². The first kappa shape index (κ1) is 12.6. The van der Waals surface area contributed by atoms with Crippen LogP contribution in [-0.2, 0) is 11.3 Å². The van der Waals surface area contributed by atoms with E-state index in [-0.39, 0.29) is 0 Å². The molecule has 0 unspecified atom stereocenters. The molecule has 1 aliphatic rings. The lowest BCUT2D eigenvalue weighted by Crippen LogP contribution is -2.23. The van der Waals surface area contributed by atoms with Crippen LogP contribution in [0.2, 0.25) is 0 Å². The fourth-order valence-electron chi connectivity index (χ4n) is 2.57. The zero-order valence-corrected chi connectivity index (χ0v) is 11.2. The molecule has 0 saturated carbocycles. The van der Waals surface area contributed by atoms with Crippen LogP contribution in [0, 0.1) is 0 Å². The van der Waals surface area contributed by atoms with Gasteiger partial charge in [-0.25, -0.2) is 0 Å². The summed E-state index contributed by atoms with van der Waals surface area (Å²) >= 11 is 0. The number of pyridine rings is 1. The average molecular weight is 256 g/mol. The highest BCUT2D eigenvalue weighted by Crippen LogP contribution is 2.12. The van der Waals surface area contributed by atoms with Crippen molar-refractivity contribution in [3.63, 3.8) is 0 Å². The Morgan fingerprint density at radius 1 is 1.05 bits per heavy atom. The van der Waals surface area contributed by atoms with Crippen LogP contribution < -0.4 is 0 Å². The summed E-state index contributed by atoms with van der Waals surface area (Å²) in [5, 5.41) is 1.18. The van der Waals surface area contributed by atoms with Crippen molar-refractivity contribution in [1.29, 1.82) is 0 Å². The second-order valence-electron chi connectivity index (χ2n) is 5.10. The predicted octanol–water partition coefficient (Wildman–Crippen LogP) is 2.85. The second kappa shape index (κ2) is 6.13. The van der Waals surface area contributed by atoms with Gasteiger partial charge in [0.25, 0.3) is 0 Å². The Labute approximate surface area is 114 Å². The number of likely N-dealkylation sites (tertiary alicyclic amines) is 1.